The van der Waals surface area contributed by atoms with Gasteiger partial charge in [-0.25, -0.2) is 0 Å². The third-order valence-electron chi connectivity index (χ3n) is 3.76. The molecule has 0 saturated carbocycles. The number of benzene rings is 1. The maximum atomic E-state index is 10.8. The minimum Gasteiger partial charge on any atom is -0.481 e. The molecule has 4 nitrogen and oxygen atoms in total. The Balaban J connectivity index is 0.00000220. The Hall–Kier alpha value is -1.10. The molecule has 0 radical (unpaired) electrons. The van der Waals surface area contributed by atoms with Crippen LogP contribution in [0.1, 0.15) is 18.4 Å². The number of likely N-dealkylation sites (tertiary alicyclic amines) is 1. The van der Waals surface area contributed by atoms with Crippen LogP contribution in [0.2, 0.25) is 0 Å². The van der Waals surface area contributed by atoms with Gasteiger partial charge in [-0.1, -0.05) is 30.3 Å². The number of carboxylic acid groups (broad SMARTS) is 1. The van der Waals surface area contributed by atoms with Gasteiger partial charge in [-0.15, -0.1) is 12.4 Å². The molecule has 1 saturated heterocycles. The fraction of sp³-hybridized carbons (Fsp3) is 0.562. The summed E-state index contributed by atoms with van der Waals surface area (Å²) in [4.78, 5) is 13.1. The van der Waals surface area contributed by atoms with Gasteiger partial charge in [-0.3, -0.25) is 4.79 Å². The molecule has 0 amide bonds. The second-order valence-corrected chi connectivity index (χ2v) is 5.33. The zero-order valence-electron chi connectivity index (χ0n) is 12.2. The number of hydrogen-bond donors (Lipinski definition) is 1. The highest BCUT2D eigenvalue weighted by atomic mass is 35.5. The second kappa shape index (κ2) is 9.77. The van der Waals surface area contributed by atoms with Crippen LogP contribution in [0.4, 0.5) is 0 Å². The average Bonchev–Trinajstić information content (AvgIpc) is 2.93. The molecule has 1 heterocycles. The zero-order valence-corrected chi connectivity index (χ0v) is 13.1. The summed E-state index contributed by atoms with van der Waals surface area (Å²) in [6.45, 7) is 4.04. The molecule has 118 valence electrons. The predicted molar refractivity (Wildman–Crippen MR) is 85.0 cm³/mol. The van der Waals surface area contributed by atoms with Crippen molar-refractivity contribution in [3.05, 3.63) is 35.9 Å². The Morgan fingerprint density at radius 2 is 2.05 bits per heavy atom. The Labute approximate surface area is 132 Å². The summed E-state index contributed by atoms with van der Waals surface area (Å²) in [7, 11) is 0. The predicted octanol–water partition coefficient (Wildman–Crippen LogP) is 2.46. The van der Waals surface area contributed by atoms with E-state index in [4.69, 9.17) is 9.84 Å². The molecule has 1 unspecified atom stereocenters. The van der Waals surface area contributed by atoms with E-state index in [9.17, 15) is 4.79 Å². The first-order valence-electron chi connectivity index (χ1n) is 7.32. The van der Waals surface area contributed by atoms with Crippen LogP contribution < -0.4 is 0 Å². The molecule has 0 aliphatic carbocycles. The molecule has 1 aromatic rings. The fourth-order valence-corrected chi connectivity index (χ4v) is 2.56. The maximum absolute atomic E-state index is 10.8. The highest BCUT2D eigenvalue weighted by Gasteiger charge is 2.27. The van der Waals surface area contributed by atoms with Crippen molar-refractivity contribution in [2.75, 3.05) is 32.8 Å². The van der Waals surface area contributed by atoms with Crippen LogP contribution in [-0.2, 0) is 16.0 Å². The molecule has 1 fully saturated rings. The standard InChI is InChI=1S/C16H23NO3.ClH/c18-16(19)15-7-10-17(13-15)9-4-11-20-12-8-14-5-2-1-3-6-14;/h1-3,5-6,15H,4,7-13H2,(H,18,19);1H. The topological polar surface area (TPSA) is 49.8 Å². The normalized spacial score (nSPS) is 18.4. The third kappa shape index (κ3) is 6.46. The highest BCUT2D eigenvalue weighted by molar-refractivity contribution is 5.85. The number of ether oxygens (including phenoxy) is 1. The lowest BCUT2D eigenvalue weighted by atomic mass is 10.1. The summed E-state index contributed by atoms with van der Waals surface area (Å²) < 4.78 is 5.63. The van der Waals surface area contributed by atoms with Gasteiger partial charge in [-0.2, -0.15) is 0 Å². The van der Waals surface area contributed by atoms with Gasteiger partial charge >= 0.3 is 5.97 Å². The van der Waals surface area contributed by atoms with E-state index in [0.717, 1.165) is 45.6 Å². The third-order valence-corrected chi connectivity index (χ3v) is 3.76. The molecule has 21 heavy (non-hydrogen) atoms. The van der Waals surface area contributed by atoms with E-state index in [-0.39, 0.29) is 18.3 Å². The highest BCUT2D eigenvalue weighted by Crippen LogP contribution is 2.16. The van der Waals surface area contributed by atoms with Crippen LogP contribution in [0.15, 0.2) is 30.3 Å². The van der Waals surface area contributed by atoms with Gasteiger partial charge in [0.05, 0.1) is 12.5 Å². The lowest BCUT2D eigenvalue weighted by molar-refractivity contribution is -0.141. The van der Waals surface area contributed by atoms with Gasteiger partial charge in [0, 0.05) is 19.7 Å². The summed E-state index contributed by atoms with van der Waals surface area (Å²) in [5, 5.41) is 8.93. The van der Waals surface area contributed by atoms with E-state index >= 15 is 0 Å². The Morgan fingerprint density at radius 3 is 2.71 bits per heavy atom. The molecule has 1 aliphatic rings. The van der Waals surface area contributed by atoms with Crippen molar-refractivity contribution < 1.29 is 14.6 Å². The van der Waals surface area contributed by atoms with Crippen molar-refractivity contribution in [2.45, 2.75) is 19.3 Å². The van der Waals surface area contributed by atoms with E-state index in [2.05, 4.69) is 17.0 Å². The van der Waals surface area contributed by atoms with E-state index in [1.165, 1.54) is 5.56 Å². The first-order valence-corrected chi connectivity index (χ1v) is 7.32. The number of aliphatic carboxylic acids is 1. The van der Waals surface area contributed by atoms with Gasteiger partial charge in [0.15, 0.2) is 0 Å². The molecule has 0 bridgehead atoms. The number of hydrogen-bond acceptors (Lipinski definition) is 3. The van der Waals surface area contributed by atoms with Crippen molar-refractivity contribution in [1.29, 1.82) is 0 Å². The zero-order chi connectivity index (χ0) is 14.2. The monoisotopic (exact) mass is 313 g/mol. The quantitative estimate of drug-likeness (QED) is 0.749. The Kier molecular flexibility index (Phi) is 8.35. The van der Waals surface area contributed by atoms with Crippen LogP contribution >= 0.6 is 12.4 Å². The largest absolute Gasteiger partial charge is 0.481 e. The van der Waals surface area contributed by atoms with Crippen LogP contribution in [0.3, 0.4) is 0 Å². The number of carboxylic acids is 1. The molecular formula is C16H24ClNO3. The smallest absolute Gasteiger partial charge is 0.307 e. The lowest BCUT2D eigenvalue weighted by Gasteiger charge is -2.14. The molecule has 1 aromatic carbocycles. The van der Waals surface area contributed by atoms with Gasteiger partial charge in [0.1, 0.15) is 0 Å². The summed E-state index contributed by atoms with van der Waals surface area (Å²) in [6, 6.07) is 10.3. The van der Waals surface area contributed by atoms with Gasteiger partial charge in [0.25, 0.3) is 0 Å². The second-order valence-electron chi connectivity index (χ2n) is 5.33. The fourth-order valence-electron chi connectivity index (χ4n) is 2.56. The molecule has 1 aliphatic heterocycles. The molecule has 0 aromatic heterocycles. The SMILES string of the molecule is Cl.O=C(O)C1CCN(CCCOCCc2ccccc2)C1. The van der Waals surface area contributed by atoms with Crippen molar-refractivity contribution in [3.63, 3.8) is 0 Å². The minimum absolute atomic E-state index is 0. The van der Waals surface area contributed by atoms with Crippen molar-refractivity contribution >= 4 is 18.4 Å². The van der Waals surface area contributed by atoms with E-state index in [0.29, 0.717) is 6.54 Å². The van der Waals surface area contributed by atoms with Crippen LogP contribution in [0.5, 0.6) is 0 Å². The first kappa shape index (κ1) is 18.0. The van der Waals surface area contributed by atoms with E-state index < -0.39 is 5.97 Å². The van der Waals surface area contributed by atoms with Gasteiger partial charge in [0.2, 0.25) is 0 Å². The molecule has 5 heteroatoms. The van der Waals surface area contributed by atoms with Gasteiger partial charge in [-0.05, 0) is 31.4 Å². The van der Waals surface area contributed by atoms with Crippen molar-refractivity contribution in [1.82, 2.24) is 4.90 Å². The Morgan fingerprint density at radius 1 is 1.29 bits per heavy atom. The number of nitrogens with zero attached hydrogens (tertiary/aromatic N) is 1. The summed E-state index contributed by atoms with van der Waals surface area (Å²) in [5.41, 5.74) is 1.30. The molecular weight excluding hydrogens is 290 g/mol. The van der Waals surface area contributed by atoms with Crippen molar-refractivity contribution in [3.8, 4) is 0 Å². The van der Waals surface area contributed by atoms with Crippen LogP contribution in [0.25, 0.3) is 0 Å². The minimum atomic E-state index is -0.661. The van der Waals surface area contributed by atoms with E-state index in [1.807, 2.05) is 18.2 Å². The molecule has 1 N–H and O–H groups in total. The summed E-state index contributed by atoms with van der Waals surface area (Å²) >= 11 is 0. The first-order chi connectivity index (χ1) is 9.75. The maximum Gasteiger partial charge on any atom is 0.307 e. The molecule has 1 atom stereocenters. The molecule has 0 spiro atoms. The summed E-state index contributed by atoms with van der Waals surface area (Å²) in [6.07, 6.45) is 2.71. The summed E-state index contributed by atoms with van der Waals surface area (Å²) in [5.74, 6) is -0.833. The van der Waals surface area contributed by atoms with E-state index in [1.54, 1.807) is 0 Å². The lowest BCUT2D eigenvalue weighted by Crippen LogP contribution is -2.25. The Bertz CT molecular complexity index is 413. The number of carbonyl (C=O) groups is 1. The van der Waals surface area contributed by atoms with Crippen LogP contribution in [0, 0.1) is 5.92 Å². The van der Waals surface area contributed by atoms with Crippen molar-refractivity contribution in [2.24, 2.45) is 5.92 Å². The average molecular weight is 314 g/mol. The van der Waals surface area contributed by atoms with Gasteiger partial charge < -0.3 is 14.7 Å². The number of halogens is 1. The molecule has 2 rings (SSSR count). The number of rotatable bonds is 8. The van der Waals surface area contributed by atoms with Crippen LogP contribution in [-0.4, -0.2) is 48.8 Å².